The lowest BCUT2D eigenvalue weighted by molar-refractivity contribution is 0.259. The van der Waals surface area contributed by atoms with Crippen LogP contribution in [0.2, 0.25) is 0 Å². The van der Waals surface area contributed by atoms with Crippen LogP contribution < -0.4 is 11.1 Å². The molecule has 3 rings (SSSR count). The molecule has 0 aliphatic carbocycles. The minimum Gasteiger partial charge on any atom is -0.351 e. The van der Waals surface area contributed by atoms with Crippen LogP contribution >= 0.6 is 0 Å². The van der Waals surface area contributed by atoms with E-state index < -0.39 is 6.03 Å². The number of aryl methyl sites for hydroxylation is 1. The van der Waals surface area contributed by atoms with Gasteiger partial charge in [0, 0.05) is 23.5 Å². The highest BCUT2D eigenvalue weighted by molar-refractivity contribution is 5.89. The number of para-hydroxylation sites is 1. The molecule has 3 aromatic rings. The largest absolute Gasteiger partial charge is 0.351 e. The summed E-state index contributed by atoms with van der Waals surface area (Å²) in [7, 11) is 0. The van der Waals surface area contributed by atoms with Crippen molar-refractivity contribution in [2.75, 3.05) is 5.32 Å². The summed E-state index contributed by atoms with van der Waals surface area (Å²) in [5.74, 6) is 1.21. The highest BCUT2D eigenvalue weighted by Gasteiger charge is 2.18. The summed E-state index contributed by atoms with van der Waals surface area (Å²) in [6.07, 6.45) is 3.42. The molecule has 2 aromatic heterocycles. The van der Waals surface area contributed by atoms with Crippen molar-refractivity contribution in [2.24, 2.45) is 5.73 Å². The molecule has 0 saturated heterocycles. The van der Waals surface area contributed by atoms with Gasteiger partial charge in [-0.3, -0.25) is 5.32 Å². The molecular formula is C16H16N6O. The summed E-state index contributed by atoms with van der Waals surface area (Å²) < 4.78 is 1.65. The fourth-order valence-electron chi connectivity index (χ4n) is 2.30. The summed E-state index contributed by atoms with van der Waals surface area (Å²) >= 11 is 0. The van der Waals surface area contributed by atoms with Crippen molar-refractivity contribution in [1.82, 2.24) is 19.7 Å². The first-order valence-corrected chi connectivity index (χ1v) is 7.07. The molecular weight excluding hydrogens is 292 g/mol. The predicted octanol–water partition coefficient (Wildman–Crippen LogP) is 2.44. The fraction of sp³-hybridized carbons (Fsp3) is 0.125. The maximum Gasteiger partial charge on any atom is 0.317 e. The minimum absolute atomic E-state index is 0.527. The number of hydrogen-bond acceptors (Lipinski definition) is 4. The van der Waals surface area contributed by atoms with Crippen molar-refractivity contribution in [3.63, 3.8) is 0 Å². The standard InChI is InChI=1S/C16H16N6O/c1-10-14(12-8-18-11(2)19-9-12)21-22(15(10)20-16(17)23)13-6-4-3-5-7-13/h3-9H,1-2H3,(H3,17,20,23). The summed E-state index contributed by atoms with van der Waals surface area (Å²) in [6.45, 7) is 3.69. The number of carbonyl (C=O) groups excluding carboxylic acids is 1. The van der Waals surface area contributed by atoms with Gasteiger partial charge in [0.05, 0.1) is 5.69 Å². The molecule has 2 amide bonds. The normalized spacial score (nSPS) is 10.5. The van der Waals surface area contributed by atoms with Gasteiger partial charge in [0.1, 0.15) is 17.3 Å². The summed E-state index contributed by atoms with van der Waals surface area (Å²) in [6, 6.07) is 8.86. The first kappa shape index (κ1) is 14.7. The zero-order valence-electron chi connectivity index (χ0n) is 12.8. The van der Waals surface area contributed by atoms with Crippen molar-refractivity contribution >= 4 is 11.8 Å². The van der Waals surface area contributed by atoms with E-state index in [1.54, 1.807) is 17.1 Å². The molecule has 1 aromatic carbocycles. The third kappa shape index (κ3) is 2.89. The van der Waals surface area contributed by atoms with Crippen molar-refractivity contribution in [3.05, 3.63) is 54.1 Å². The second-order valence-electron chi connectivity index (χ2n) is 5.08. The van der Waals surface area contributed by atoms with E-state index in [0.717, 1.165) is 16.8 Å². The Labute approximate surface area is 133 Å². The highest BCUT2D eigenvalue weighted by Crippen LogP contribution is 2.29. The lowest BCUT2D eigenvalue weighted by Crippen LogP contribution is -2.21. The Balaban J connectivity index is 2.17. The number of carbonyl (C=O) groups is 1. The molecule has 2 heterocycles. The van der Waals surface area contributed by atoms with Crippen LogP contribution in [0.1, 0.15) is 11.4 Å². The van der Waals surface area contributed by atoms with E-state index >= 15 is 0 Å². The first-order chi connectivity index (χ1) is 11.1. The summed E-state index contributed by atoms with van der Waals surface area (Å²) in [4.78, 5) is 19.7. The molecule has 7 heteroatoms. The molecule has 0 aliphatic heterocycles. The number of nitrogens with two attached hydrogens (primary N) is 1. The van der Waals surface area contributed by atoms with E-state index in [0.29, 0.717) is 17.3 Å². The quantitative estimate of drug-likeness (QED) is 0.776. The van der Waals surface area contributed by atoms with Gasteiger partial charge in [-0.05, 0) is 26.0 Å². The van der Waals surface area contributed by atoms with Crippen molar-refractivity contribution in [2.45, 2.75) is 13.8 Å². The topological polar surface area (TPSA) is 98.7 Å². The number of nitrogens with zero attached hydrogens (tertiary/aromatic N) is 4. The maximum absolute atomic E-state index is 11.3. The van der Waals surface area contributed by atoms with E-state index in [9.17, 15) is 4.79 Å². The van der Waals surface area contributed by atoms with Gasteiger partial charge >= 0.3 is 6.03 Å². The fourth-order valence-corrected chi connectivity index (χ4v) is 2.30. The van der Waals surface area contributed by atoms with Crippen LogP contribution in [0.4, 0.5) is 10.6 Å². The number of rotatable bonds is 3. The minimum atomic E-state index is -0.642. The first-order valence-electron chi connectivity index (χ1n) is 7.07. The molecule has 0 bridgehead atoms. The van der Waals surface area contributed by atoms with Crippen LogP contribution in [0.15, 0.2) is 42.7 Å². The number of primary amides is 1. The Morgan fingerprint density at radius 1 is 1.13 bits per heavy atom. The lowest BCUT2D eigenvalue weighted by atomic mass is 10.1. The van der Waals surface area contributed by atoms with Crippen LogP contribution in [-0.2, 0) is 0 Å². The van der Waals surface area contributed by atoms with Crippen LogP contribution in [0.5, 0.6) is 0 Å². The van der Waals surface area contributed by atoms with Gasteiger partial charge in [-0.25, -0.2) is 19.4 Å². The van der Waals surface area contributed by atoms with Gasteiger partial charge in [-0.1, -0.05) is 18.2 Å². The zero-order chi connectivity index (χ0) is 16.4. The molecule has 3 N–H and O–H groups in total. The zero-order valence-corrected chi connectivity index (χ0v) is 12.8. The van der Waals surface area contributed by atoms with Crippen molar-refractivity contribution in [3.8, 4) is 16.9 Å². The molecule has 0 radical (unpaired) electrons. The number of anilines is 1. The van der Waals surface area contributed by atoms with Crippen molar-refractivity contribution < 1.29 is 4.79 Å². The molecule has 0 atom stereocenters. The predicted molar refractivity (Wildman–Crippen MR) is 87.3 cm³/mol. The number of aromatic nitrogens is 4. The number of nitrogens with one attached hydrogen (secondary N) is 1. The maximum atomic E-state index is 11.3. The molecule has 0 fully saturated rings. The third-order valence-corrected chi connectivity index (χ3v) is 3.42. The second kappa shape index (κ2) is 5.88. The van der Waals surface area contributed by atoms with E-state index in [1.165, 1.54) is 0 Å². The van der Waals surface area contributed by atoms with Crippen LogP contribution in [0.3, 0.4) is 0 Å². The van der Waals surface area contributed by atoms with Gasteiger partial charge in [0.15, 0.2) is 0 Å². The van der Waals surface area contributed by atoms with Crippen molar-refractivity contribution in [1.29, 1.82) is 0 Å². The number of benzene rings is 1. The number of amides is 2. The van der Waals surface area contributed by atoms with E-state index in [1.807, 2.05) is 44.2 Å². The smallest absolute Gasteiger partial charge is 0.317 e. The molecule has 7 nitrogen and oxygen atoms in total. The van der Waals surface area contributed by atoms with Gasteiger partial charge in [0.25, 0.3) is 0 Å². The Bertz CT molecular complexity index is 839. The Kier molecular flexibility index (Phi) is 3.76. The van der Waals surface area contributed by atoms with E-state index in [-0.39, 0.29) is 0 Å². The Morgan fingerprint density at radius 2 is 1.78 bits per heavy atom. The van der Waals surface area contributed by atoms with Gasteiger partial charge < -0.3 is 5.73 Å². The van der Waals surface area contributed by atoms with Gasteiger partial charge in [-0.15, -0.1) is 0 Å². The molecule has 0 aliphatic rings. The highest BCUT2D eigenvalue weighted by atomic mass is 16.2. The van der Waals surface area contributed by atoms with Gasteiger partial charge in [0.2, 0.25) is 0 Å². The average Bonchev–Trinajstić information content (AvgIpc) is 2.86. The number of hydrogen-bond donors (Lipinski definition) is 2. The second-order valence-corrected chi connectivity index (χ2v) is 5.08. The van der Waals surface area contributed by atoms with E-state index in [2.05, 4.69) is 20.4 Å². The van der Waals surface area contributed by atoms with Crippen LogP contribution in [0, 0.1) is 13.8 Å². The lowest BCUT2D eigenvalue weighted by Gasteiger charge is -2.07. The monoisotopic (exact) mass is 308 g/mol. The summed E-state index contributed by atoms with van der Waals surface area (Å²) in [5, 5.41) is 7.24. The van der Waals surface area contributed by atoms with Crippen LogP contribution in [-0.4, -0.2) is 25.8 Å². The Morgan fingerprint density at radius 3 is 2.39 bits per heavy atom. The van der Waals surface area contributed by atoms with Gasteiger partial charge in [-0.2, -0.15) is 5.10 Å². The molecule has 116 valence electrons. The molecule has 0 saturated carbocycles. The molecule has 23 heavy (non-hydrogen) atoms. The Hall–Kier alpha value is -3.22. The van der Waals surface area contributed by atoms with Crippen LogP contribution in [0.25, 0.3) is 16.9 Å². The number of urea groups is 1. The average molecular weight is 308 g/mol. The molecule has 0 spiro atoms. The SMILES string of the molecule is Cc1ncc(-c2nn(-c3ccccc3)c(NC(N)=O)c2C)cn1. The molecule has 0 unspecified atom stereocenters. The van der Waals surface area contributed by atoms with E-state index in [4.69, 9.17) is 5.73 Å². The third-order valence-electron chi connectivity index (χ3n) is 3.42. The summed E-state index contributed by atoms with van der Waals surface area (Å²) in [5.41, 5.74) is 8.37.